The number of methoxy groups -OCH3 is 1. The Hall–Kier alpha value is -4.20. The predicted molar refractivity (Wildman–Crippen MR) is 110 cm³/mol. The highest BCUT2D eigenvalue weighted by Gasteiger charge is 2.46. The Bertz CT molecular complexity index is 1170. The van der Waals surface area contributed by atoms with E-state index in [9.17, 15) is 19.2 Å². The first kappa shape index (κ1) is 19.1. The number of hydrogen-bond acceptors (Lipinski definition) is 5. The fourth-order valence-electron chi connectivity index (χ4n) is 3.22. The number of benzene rings is 3. The van der Waals surface area contributed by atoms with Crippen molar-refractivity contribution in [3.8, 4) is 5.75 Å². The predicted octanol–water partition coefficient (Wildman–Crippen LogP) is 2.78. The number of carbonyl (C=O) groups excluding carboxylic acids is 4. The van der Waals surface area contributed by atoms with Crippen molar-refractivity contribution >= 4 is 45.9 Å². The summed E-state index contributed by atoms with van der Waals surface area (Å²) in [6.45, 7) is -0.567. The van der Waals surface area contributed by atoms with Crippen molar-refractivity contribution in [1.82, 2.24) is 4.90 Å². The molecule has 3 aromatic carbocycles. The van der Waals surface area contributed by atoms with Crippen molar-refractivity contribution in [2.45, 2.75) is 0 Å². The fourth-order valence-corrected chi connectivity index (χ4v) is 3.22. The number of amides is 5. The summed E-state index contributed by atoms with van der Waals surface area (Å²) in [4.78, 5) is 51.1. The van der Waals surface area contributed by atoms with Gasteiger partial charge in [-0.3, -0.25) is 14.4 Å². The van der Waals surface area contributed by atoms with Gasteiger partial charge in [0, 0.05) is 5.69 Å². The highest BCUT2D eigenvalue weighted by Crippen LogP contribution is 2.25. The number of nitrogens with one attached hydrogen (secondary N) is 1. The molecule has 1 aliphatic rings. The van der Waals surface area contributed by atoms with Crippen LogP contribution in [-0.4, -0.2) is 42.3 Å². The topological polar surface area (TPSA) is 96.0 Å². The molecule has 0 bridgehead atoms. The van der Waals surface area contributed by atoms with Crippen LogP contribution in [0.4, 0.5) is 16.2 Å². The summed E-state index contributed by atoms with van der Waals surface area (Å²) >= 11 is 0. The molecule has 0 atom stereocenters. The second kappa shape index (κ2) is 7.67. The Morgan fingerprint density at radius 3 is 2.30 bits per heavy atom. The van der Waals surface area contributed by atoms with Crippen LogP contribution in [0.25, 0.3) is 10.8 Å². The number of urea groups is 1. The third kappa shape index (κ3) is 3.46. The van der Waals surface area contributed by atoms with E-state index in [4.69, 9.17) is 4.74 Å². The maximum Gasteiger partial charge on any atom is 0.339 e. The number of hydrogen-bond donors (Lipinski definition) is 1. The van der Waals surface area contributed by atoms with Gasteiger partial charge in [-0.25, -0.2) is 14.6 Å². The van der Waals surface area contributed by atoms with E-state index in [0.717, 1.165) is 15.7 Å². The van der Waals surface area contributed by atoms with E-state index in [1.54, 1.807) is 24.3 Å². The lowest BCUT2D eigenvalue weighted by atomic mass is 10.1. The van der Waals surface area contributed by atoms with Crippen molar-refractivity contribution < 1.29 is 23.9 Å². The number of fused-ring (bicyclic) bond motifs is 1. The normalized spacial score (nSPS) is 13.8. The summed E-state index contributed by atoms with van der Waals surface area (Å²) in [5.74, 6) is -2.11. The van der Waals surface area contributed by atoms with Gasteiger partial charge in [-0.1, -0.05) is 30.3 Å². The number of rotatable bonds is 5. The van der Waals surface area contributed by atoms with E-state index in [1.165, 1.54) is 19.2 Å². The van der Waals surface area contributed by atoms with Crippen molar-refractivity contribution in [2.75, 3.05) is 23.9 Å². The highest BCUT2D eigenvalue weighted by atomic mass is 16.5. The summed E-state index contributed by atoms with van der Waals surface area (Å²) in [6.07, 6.45) is 0. The van der Waals surface area contributed by atoms with Gasteiger partial charge in [0.25, 0.3) is 0 Å². The molecule has 0 saturated carbocycles. The smallest absolute Gasteiger partial charge is 0.339 e. The molecule has 1 N–H and O–H groups in total. The molecule has 150 valence electrons. The van der Waals surface area contributed by atoms with E-state index in [0.29, 0.717) is 16.3 Å². The van der Waals surface area contributed by atoms with Crippen LogP contribution in [0.1, 0.15) is 0 Å². The summed E-state index contributed by atoms with van der Waals surface area (Å²) in [6, 6.07) is 18.2. The van der Waals surface area contributed by atoms with Gasteiger partial charge < -0.3 is 10.1 Å². The molecule has 0 aromatic heterocycles. The van der Waals surface area contributed by atoms with Crippen LogP contribution in [0.5, 0.6) is 5.75 Å². The zero-order valence-electron chi connectivity index (χ0n) is 16.0. The Morgan fingerprint density at radius 1 is 0.900 bits per heavy atom. The number of ether oxygens (including phenoxy) is 1. The van der Waals surface area contributed by atoms with Crippen LogP contribution >= 0.6 is 0 Å². The molecular formula is C22H17N3O5. The van der Waals surface area contributed by atoms with E-state index in [1.807, 2.05) is 30.3 Å². The standard InChI is InChI=1S/C22H17N3O5/c1-30-18-10-8-17(9-11-18)25-21(28)20(27)24(22(25)29)13-19(26)23-16-7-6-14-4-2-3-5-15(14)12-16/h2-12H,13H2,1H3,(H,23,26). The molecule has 1 aliphatic heterocycles. The van der Waals surface area contributed by atoms with Crippen LogP contribution in [0.2, 0.25) is 0 Å². The molecule has 8 heteroatoms. The van der Waals surface area contributed by atoms with Gasteiger partial charge >= 0.3 is 17.8 Å². The Labute approximate surface area is 171 Å². The number of carbonyl (C=O) groups is 4. The summed E-state index contributed by atoms with van der Waals surface area (Å²) in [5.41, 5.74) is 0.743. The maximum absolute atomic E-state index is 12.6. The molecule has 0 aliphatic carbocycles. The number of nitrogens with zero attached hydrogens (tertiary/aromatic N) is 2. The SMILES string of the molecule is COc1ccc(N2C(=O)C(=O)N(CC(=O)Nc3ccc4ccccc4c3)C2=O)cc1. The van der Waals surface area contributed by atoms with Crippen LogP contribution in [0.3, 0.4) is 0 Å². The summed E-state index contributed by atoms with van der Waals surface area (Å²) < 4.78 is 5.05. The largest absolute Gasteiger partial charge is 0.497 e. The van der Waals surface area contributed by atoms with Crippen molar-refractivity contribution in [3.63, 3.8) is 0 Å². The van der Waals surface area contributed by atoms with Crippen LogP contribution < -0.4 is 15.0 Å². The van der Waals surface area contributed by atoms with Gasteiger partial charge in [-0.2, -0.15) is 0 Å². The van der Waals surface area contributed by atoms with E-state index in [2.05, 4.69) is 5.32 Å². The van der Waals surface area contributed by atoms with Gasteiger partial charge in [-0.05, 0) is 47.2 Å². The third-order valence-corrected chi connectivity index (χ3v) is 4.72. The maximum atomic E-state index is 12.6. The van der Waals surface area contributed by atoms with Crippen LogP contribution in [0, 0.1) is 0 Å². The average Bonchev–Trinajstić information content (AvgIpc) is 2.97. The minimum absolute atomic E-state index is 0.219. The minimum atomic E-state index is -1.05. The average molecular weight is 403 g/mol. The second-order valence-corrected chi connectivity index (χ2v) is 6.62. The first-order valence-corrected chi connectivity index (χ1v) is 9.10. The molecule has 30 heavy (non-hydrogen) atoms. The fraction of sp³-hybridized carbons (Fsp3) is 0.0909. The van der Waals surface area contributed by atoms with E-state index in [-0.39, 0.29) is 5.69 Å². The van der Waals surface area contributed by atoms with Gasteiger partial charge in [-0.15, -0.1) is 0 Å². The molecule has 5 amide bonds. The zero-order valence-corrected chi connectivity index (χ0v) is 16.0. The van der Waals surface area contributed by atoms with Crippen molar-refractivity contribution in [1.29, 1.82) is 0 Å². The molecule has 0 unspecified atom stereocenters. The summed E-state index contributed by atoms with van der Waals surface area (Å²) in [5, 5.41) is 4.60. The first-order valence-electron chi connectivity index (χ1n) is 9.10. The third-order valence-electron chi connectivity index (χ3n) is 4.72. The van der Waals surface area contributed by atoms with E-state index >= 15 is 0 Å². The minimum Gasteiger partial charge on any atom is -0.497 e. The molecule has 0 spiro atoms. The molecular weight excluding hydrogens is 386 g/mol. The molecule has 1 fully saturated rings. The molecule has 8 nitrogen and oxygen atoms in total. The lowest BCUT2D eigenvalue weighted by Crippen LogP contribution is -2.39. The quantitative estimate of drug-likeness (QED) is 0.522. The van der Waals surface area contributed by atoms with Gasteiger partial charge in [0.1, 0.15) is 12.3 Å². The van der Waals surface area contributed by atoms with Crippen LogP contribution in [0.15, 0.2) is 66.7 Å². The Kier molecular flexibility index (Phi) is 4.89. The van der Waals surface area contributed by atoms with Gasteiger partial charge in [0.05, 0.1) is 12.8 Å². The molecule has 1 heterocycles. The second-order valence-electron chi connectivity index (χ2n) is 6.62. The number of anilines is 2. The first-order chi connectivity index (χ1) is 14.5. The monoisotopic (exact) mass is 403 g/mol. The lowest BCUT2D eigenvalue weighted by molar-refractivity contribution is -0.140. The zero-order chi connectivity index (χ0) is 21.3. The Balaban J connectivity index is 1.49. The van der Waals surface area contributed by atoms with Gasteiger partial charge in [0.2, 0.25) is 5.91 Å². The highest BCUT2D eigenvalue weighted by molar-refractivity contribution is 6.53. The molecule has 0 radical (unpaired) electrons. The lowest BCUT2D eigenvalue weighted by Gasteiger charge is -2.15. The van der Waals surface area contributed by atoms with Crippen LogP contribution in [-0.2, 0) is 14.4 Å². The molecule has 3 aromatic rings. The van der Waals surface area contributed by atoms with E-state index < -0.39 is 30.3 Å². The van der Waals surface area contributed by atoms with Crippen molar-refractivity contribution in [2.24, 2.45) is 0 Å². The summed E-state index contributed by atoms with van der Waals surface area (Å²) in [7, 11) is 1.49. The van der Waals surface area contributed by atoms with Crippen molar-refractivity contribution in [3.05, 3.63) is 66.7 Å². The molecule has 1 saturated heterocycles. The Morgan fingerprint density at radius 2 is 1.60 bits per heavy atom. The van der Waals surface area contributed by atoms with Gasteiger partial charge in [0.15, 0.2) is 0 Å². The number of imide groups is 2. The molecule has 4 rings (SSSR count).